The summed E-state index contributed by atoms with van der Waals surface area (Å²) in [6.45, 7) is 3.87. The van der Waals surface area contributed by atoms with E-state index >= 15 is 0 Å². The standard InChI is InChI=1S/C16H14N2O2/c1-10-4-6-14(18(10)19)12-9-20-15-7-5-13-11(16(12)15)3-2-8-17-13/h2-3,5,7-9,14,19H,1,4,6H2/t14-/m0/s1. The first-order chi connectivity index (χ1) is 9.75. The molecule has 0 radical (unpaired) electrons. The van der Waals surface area contributed by atoms with Gasteiger partial charge >= 0.3 is 0 Å². The molecule has 1 atom stereocenters. The molecule has 3 heterocycles. The molecule has 0 amide bonds. The molecule has 1 fully saturated rings. The average molecular weight is 266 g/mol. The normalized spacial score (nSPS) is 19.4. The lowest BCUT2D eigenvalue weighted by Gasteiger charge is -2.19. The topological polar surface area (TPSA) is 49.5 Å². The second-order valence-electron chi connectivity index (χ2n) is 5.17. The van der Waals surface area contributed by atoms with Gasteiger partial charge < -0.3 is 4.42 Å². The Morgan fingerprint density at radius 2 is 2.25 bits per heavy atom. The van der Waals surface area contributed by atoms with Crippen molar-refractivity contribution in [2.45, 2.75) is 18.9 Å². The van der Waals surface area contributed by atoms with Gasteiger partial charge in [-0.15, -0.1) is 0 Å². The van der Waals surface area contributed by atoms with Gasteiger partial charge in [-0.2, -0.15) is 0 Å². The molecule has 0 aliphatic carbocycles. The highest BCUT2D eigenvalue weighted by atomic mass is 16.5. The van der Waals surface area contributed by atoms with Crippen molar-refractivity contribution in [3.63, 3.8) is 0 Å². The largest absolute Gasteiger partial charge is 0.464 e. The smallest absolute Gasteiger partial charge is 0.134 e. The van der Waals surface area contributed by atoms with Crippen molar-refractivity contribution in [3.8, 4) is 0 Å². The third kappa shape index (κ3) is 1.48. The van der Waals surface area contributed by atoms with Gasteiger partial charge in [0.15, 0.2) is 0 Å². The number of fused-ring (bicyclic) bond motifs is 3. The Hall–Kier alpha value is -2.33. The van der Waals surface area contributed by atoms with Crippen LogP contribution in [0.5, 0.6) is 0 Å². The molecule has 3 aromatic rings. The van der Waals surface area contributed by atoms with E-state index in [-0.39, 0.29) is 6.04 Å². The minimum Gasteiger partial charge on any atom is -0.464 e. The minimum absolute atomic E-state index is 0.0884. The molecule has 4 heteroatoms. The van der Waals surface area contributed by atoms with Crippen LogP contribution in [0.3, 0.4) is 0 Å². The number of allylic oxidation sites excluding steroid dienone is 1. The van der Waals surface area contributed by atoms with E-state index in [1.165, 1.54) is 5.06 Å². The van der Waals surface area contributed by atoms with Gasteiger partial charge in [-0.1, -0.05) is 12.6 Å². The Morgan fingerprint density at radius 3 is 3.05 bits per heavy atom. The summed E-state index contributed by atoms with van der Waals surface area (Å²) in [5.41, 5.74) is 3.51. The molecule has 1 aromatic carbocycles. The molecule has 20 heavy (non-hydrogen) atoms. The van der Waals surface area contributed by atoms with Crippen LogP contribution in [0.1, 0.15) is 24.4 Å². The quantitative estimate of drug-likeness (QED) is 0.722. The first-order valence-corrected chi connectivity index (χ1v) is 6.66. The van der Waals surface area contributed by atoms with Crippen molar-refractivity contribution in [2.24, 2.45) is 0 Å². The van der Waals surface area contributed by atoms with Gasteiger partial charge in [0.2, 0.25) is 0 Å². The number of pyridine rings is 1. The average Bonchev–Trinajstić information content (AvgIpc) is 3.04. The van der Waals surface area contributed by atoms with Crippen LogP contribution >= 0.6 is 0 Å². The van der Waals surface area contributed by atoms with Crippen molar-refractivity contribution < 1.29 is 9.62 Å². The fourth-order valence-corrected chi connectivity index (χ4v) is 3.01. The lowest BCUT2D eigenvalue weighted by Crippen LogP contribution is -2.16. The maximum Gasteiger partial charge on any atom is 0.134 e. The van der Waals surface area contributed by atoms with Crippen molar-refractivity contribution in [1.29, 1.82) is 0 Å². The highest BCUT2D eigenvalue weighted by Crippen LogP contribution is 2.41. The van der Waals surface area contributed by atoms with E-state index in [1.807, 2.05) is 24.3 Å². The van der Waals surface area contributed by atoms with Gasteiger partial charge in [0.25, 0.3) is 0 Å². The van der Waals surface area contributed by atoms with E-state index in [9.17, 15) is 5.21 Å². The lowest BCUT2D eigenvalue weighted by atomic mass is 10.0. The molecule has 0 unspecified atom stereocenters. The van der Waals surface area contributed by atoms with Crippen LogP contribution in [0, 0.1) is 0 Å². The molecule has 2 aromatic heterocycles. The summed E-state index contributed by atoms with van der Waals surface area (Å²) in [6, 6.07) is 7.75. The van der Waals surface area contributed by atoms with Crippen LogP contribution in [0.4, 0.5) is 0 Å². The van der Waals surface area contributed by atoms with E-state index in [2.05, 4.69) is 11.6 Å². The van der Waals surface area contributed by atoms with Crippen LogP contribution in [-0.4, -0.2) is 15.3 Å². The summed E-state index contributed by atoms with van der Waals surface area (Å²) in [5.74, 6) is 0. The summed E-state index contributed by atoms with van der Waals surface area (Å²) in [5, 5.41) is 13.5. The first-order valence-electron chi connectivity index (χ1n) is 6.66. The monoisotopic (exact) mass is 266 g/mol. The van der Waals surface area contributed by atoms with Crippen molar-refractivity contribution in [3.05, 3.63) is 54.6 Å². The highest BCUT2D eigenvalue weighted by Gasteiger charge is 2.30. The minimum atomic E-state index is -0.0884. The van der Waals surface area contributed by atoms with Gasteiger partial charge in [0.05, 0.1) is 17.8 Å². The Bertz CT molecular complexity index is 822. The SMILES string of the molecule is C=C1CC[C@@H](c2coc3ccc4ncccc4c23)N1O. The summed E-state index contributed by atoms with van der Waals surface area (Å²) in [7, 11) is 0. The van der Waals surface area contributed by atoms with Gasteiger partial charge in [0.1, 0.15) is 5.58 Å². The summed E-state index contributed by atoms with van der Waals surface area (Å²) in [6.07, 6.45) is 5.17. The third-order valence-electron chi connectivity index (χ3n) is 4.03. The molecule has 100 valence electrons. The first kappa shape index (κ1) is 11.5. The number of hydroxylamine groups is 2. The van der Waals surface area contributed by atoms with Crippen LogP contribution in [0.2, 0.25) is 0 Å². The van der Waals surface area contributed by atoms with E-state index in [0.717, 1.165) is 46.0 Å². The Kier molecular flexibility index (Phi) is 2.35. The van der Waals surface area contributed by atoms with Gasteiger partial charge in [-0.25, -0.2) is 0 Å². The predicted molar refractivity (Wildman–Crippen MR) is 76.3 cm³/mol. The molecule has 0 bridgehead atoms. The van der Waals surface area contributed by atoms with E-state index in [0.29, 0.717) is 0 Å². The van der Waals surface area contributed by atoms with E-state index in [1.54, 1.807) is 12.5 Å². The Labute approximate surface area is 115 Å². The Balaban J connectivity index is 2.01. The molecular formula is C16H14N2O2. The maximum atomic E-state index is 10.1. The zero-order valence-electron chi connectivity index (χ0n) is 10.9. The number of furan rings is 1. The summed E-state index contributed by atoms with van der Waals surface area (Å²) < 4.78 is 5.66. The van der Waals surface area contributed by atoms with Gasteiger partial charge in [-0.05, 0) is 31.0 Å². The number of hydrogen-bond acceptors (Lipinski definition) is 4. The van der Waals surface area contributed by atoms with Gasteiger partial charge in [0, 0.05) is 28.2 Å². The number of benzene rings is 1. The molecule has 1 N–H and O–H groups in total. The second-order valence-corrected chi connectivity index (χ2v) is 5.17. The molecule has 1 aliphatic rings. The lowest BCUT2D eigenvalue weighted by molar-refractivity contribution is -0.0760. The molecule has 1 saturated heterocycles. The molecule has 4 rings (SSSR count). The predicted octanol–water partition coefficient (Wildman–Crippen LogP) is 4.02. The number of nitrogens with zero attached hydrogens (tertiary/aromatic N) is 2. The zero-order valence-corrected chi connectivity index (χ0v) is 10.9. The van der Waals surface area contributed by atoms with Crippen molar-refractivity contribution in [1.82, 2.24) is 10.0 Å². The fourth-order valence-electron chi connectivity index (χ4n) is 3.01. The molecule has 0 saturated carbocycles. The third-order valence-corrected chi connectivity index (χ3v) is 4.03. The van der Waals surface area contributed by atoms with Crippen LogP contribution in [0.15, 0.2) is 53.4 Å². The van der Waals surface area contributed by atoms with Crippen molar-refractivity contribution >= 4 is 21.9 Å². The second kappa shape index (κ2) is 4.08. The molecular weight excluding hydrogens is 252 g/mol. The molecule has 4 nitrogen and oxygen atoms in total. The summed E-state index contributed by atoms with van der Waals surface area (Å²) in [4.78, 5) is 4.38. The van der Waals surface area contributed by atoms with Crippen LogP contribution < -0.4 is 0 Å². The number of hydrogen-bond donors (Lipinski definition) is 1. The number of aromatic nitrogens is 1. The highest BCUT2D eigenvalue weighted by molar-refractivity contribution is 6.06. The molecule has 1 aliphatic heterocycles. The van der Waals surface area contributed by atoms with Gasteiger partial charge in [-0.3, -0.25) is 15.3 Å². The summed E-state index contributed by atoms with van der Waals surface area (Å²) >= 11 is 0. The van der Waals surface area contributed by atoms with Crippen LogP contribution in [-0.2, 0) is 0 Å². The fraction of sp³-hybridized carbons (Fsp3) is 0.188. The maximum absolute atomic E-state index is 10.1. The zero-order chi connectivity index (χ0) is 13.7. The van der Waals surface area contributed by atoms with E-state index < -0.39 is 0 Å². The number of rotatable bonds is 1. The van der Waals surface area contributed by atoms with Crippen LogP contribution in [0.25, 0.3) is 21.9 Å². The van der Waals surface area contributed by atoms with Crippen molar-refractivity contribution in [2.75, 3.05) is 0 Å². The molecule has 0 spiro atoms. The van der Waals surface area contributed by atoms with E-state index in [4.69, 9.17) is 4.42 Å². The Morgan fingerprint density at radius 1 is 1.35 bits per heavy atom.